The number of hydrogen-bond donors (Lipinski definition) is 2. The van der Waals surface area contributed by atoms with Gasteiger partial charge in [-0.05, 0) is 25.0 Å². The van der Waals surface area contributed by atoms with Gasteiger partial charge in [0.05, 0.1) is 10.6 Å². The minimum absolute atomic E-state index is 0.201. The van der Waals surface area contributed by atoms with Crippen molar-refractivity contribution in [2.24, 2.45) is 5.73 Å². The fraction of sp³-hybridized carbons (Fsp3) is 0.364. The van der Waals surface area contributed by atoms with E-state index >= 15 is 0 Å². The summed E-state index contributed by atoms with van der Waals surface area (Å²) in [5.74, 6) is -0.547. The molecular weight excluding hydrogens is 240 g/mol. The molecule has 1 aromatic carbocycles. The standard InChI is InChI=1S/C11H14N2O3S/c1-6-3-4-7(2)10-9(6)13-11(14)8(5-12)17(10,15)16/h3-4,8H,5,12H2,1-2H3,(H,13,14). The quantitative estimate of drug-likeness (QED) is 0.757. The largest absolute Gasteiger partial charge is 0.329 e. The average Bonchev–Trinajstić information content (AvgIpc) is 2.22. The SMILES string of the molecule is Cc1ccc(C)c2c1NC(=O)C(CN)S2(=O)=O. The first-order valence-electron chi connectivity index (χ1n) is 5.24. The van der Waals surface area contributed by atoms with Gasteiger partial charge >= 0.3 is 0 Å². The van der Waals surface area contributed by atoms with Crippen molar-refractivity contribution in [2.75, 3.05) is 11.9 Å². The Labute approximate surface area is 99.9 Å². The molecule has 1 atom stereocenters. The Kier molecular flexibility index (Phi) is 2.71. The van der Waals surface area contributed by atoms with Crippen molar-refractivity contribution in [1.82, 2.24) is 0 Å². The summed E-state index contributed by atoms with van der Waals surface area (Å²) in [7, 11) is -3.67. The summed E-state index contributed by atoms with van der Waals surface area (Å²) in [6, 6.07) is 3.52. The van der Waals surface area contributed by atoms with Crippen LogP contribution < -0.4 is 11.1 Å². The van der Waals surface area contributed by atoms with Crippen LogP contribution in [-0.4, -0.2) is 26.1 Å². The minimum Gasteiger partial charge on any atom is -0.329 e. The molecule has 1 amide bonds. The molecule has 92 valence electrons. The lowest BCUT2D eigenvalue weighted by atomic mass is 10.1. The molecule has 3 N–H and O–H groups in total. The summed E-state index contributed by atoms with van der Waals surface area (Å²) >= 11 is 0. The number of anilines is 1. The van der Waals surface area contributed by atoms with Gasteiger partial charge in [-0.25, -0.2) is 8.42 Å². The Bertz CT molecular complexity index is 593. The number of carbonyl (C=O) groups is 1. The molecule has 0 bridgehead atoms. The van der Waals surface area contributed by atoms with E-state index < -0.39 is 21.0 Å². The monoisotopic (exact) mass is 254 g/mol. The molecule has 1 unspecified atom stereocenters. The zero-order valence-electron chi connectivity index (χ0n) is 9.65. The predicted molar refractivity (Wildman–Crippen MR) is 64.6 cm³/mol. The summed E-state index contributed by atoms with van der Waals surface area (Å²) in [6.07, 6.45) is 0. The third-order valence-electron chi connectivity index (χ3n) is 2.98. The number of nitrogens with two attached hydrogens (primary N) is 1. The van der Waals surface area contributed by atoms with Crippen molar-refractivity contribution < 1.29 is 13.2 Å². The van der Waals surface area contributed by atoms with Crippen LogP contribution in [0, 0.1) is 13.8 Å². The van der Waals surface area contributed by atoms with Crippen LogP contribution in [0.1, 0.15) is 11.1 Å². The number of aryl methyl sites for hydroxylation is 2. The molecular formula is C11H14N2O3S. The zero-order valence-corrected chi connectivity index (χ0v) is 10.5. The van der Waals surface area contributed by atoms with Crippen LogP contribution in [0.4, 0.5) is 5.69 Å². The number of hydrogen-bond acceptors (Lipinski definition) is 4. The summed E-state index contributed by atoms with van der Waals surface area (Å²) in [4.78, 5) is 11.9. The van der Waals surface area contributed by atoms with Crippen molar-refractivity contribution in [2.45, 2.75) is 24.0 Å². The second-order valence-corrected chi connectivity index (χ2v) is 6.23. The lowest BCUT2D eigenvalue weighted by molar-refractivity contribution is -0.115. The van der Waals surface area contributed by atoms with Crippen LogP contribution in [0.15, 0.2) is 17.0 Å². The van der Waals surface area contributed by atoms with Crippen LogP contribution in [-0.2, 0) is 14.6 Å². The fourth-order valence-electron chi connectivity index (χ4n) is 2.03. The molecule has 0 fully saturated rings. The van der Waals surface area contributed by atoms with Crippen LogP contribution >= 0.6 is 0 Å². The molecule has 1 heterocycles. The van der Waals surface area contributed by atoms with Gasteiger partial charge in [0, 0.05) is 6.54 Å². The van der Waals surface area contributed by atoms with E-state index in [1.165, 1.54) is 0 Å². The van der Waals surface area contributed by atoms with E-state index in [0.29, 0.717) is 11.3 Å². The Balaban J connectivity index is 2.80. The van der Waals surface area contributed by atoms with Crippen molar-refractivity contribution in [3.8, 4) is 0 Å². The number of benzene rings is 1. The third kappa shape index (κ3) is 1.64. The maximum atomic E-state index is 12.3. The van der Waals surface area contributed by atoms with Gasteiger partial charge in [-0.3, -0.25) is 4.79 Å². The number of rotatable bonds is 1. The van der Waals surface area contributed by atoms with E-state index in [1.54, 1.807) is 26.0 Å². The second kappa shape index (κ2) is 3.82. The van der Waals surface area contributed by atoms with E-state index in [9.17, 15) is 13.2 Å². The molecule has 0 spiro atoms. The van der Waals surface area contributed by atoms with Crippen LogP contribution in [0.3, 0.4) is 0 Å². The Hall–Kier alpha value is -1.40. The lowest BCUT2D eigenvalue weighted by Crippen LogP contribution is -2.45. The number of sulfone groups is 1. The molecule has 0 saturated heterocycles. The van der Waals surface area contributed by atoms with Crippen molar-refractivity contribution in [1.29, 1.82) is 0 Å². The molecule has 5 nitrogen and oxygen atoms in total. The molecule has 0 saturated carbocycles. The van der Waals surface area contributed by atoms with Gasteiger partial charge in [0.15, 0.2) is 15.1 Å². The van der Waals surface area contributed by atoms with Gasteiger partial charge in [0.1, 0.15) is 0 Å². The number of nitrogens with one attached hydrogen (secondary N) is 1. The Morgan fingerprint density at radius 3 is 2.47 bits per heavy atom. The van der Waals surface area contributed by atoms with Crippen molar-refractivity contribution in [3.63, 3.8) is 0 Å². The highest BCUT2D eigenvalue weighted by atomic mass is 32.2. The highest BCUT2D eigenvalue weighted by Gasteiger charge is 2.40. The normalized spacial score (nSPS) is 21.8. The molecule has 1 aliphatic rings. The van der Waals surface area contributed by atoms with Gasteiger partial charge in [-0.1, -0.05) is 12.1 Å². The Morgan fingerprint density at radius 1 is 1.29 bits per heavy atom. The first-order valence-corrected chi connectivity index (χ1v) is 6.79. The van der Waals surface area contributed by atoms with Gasteiger partial charge < -0.3 is 11.1 Å². The first kappa shape index (κ1) is 12.1. The maximum Gasteiger partial charge on any atom is 0.244 e. The molecule has 2 rings (SSSR count). The summed E-state index contributed by atoms with van der Waals surface area (Å²) in [6.45, 7) is 3.26. The molecule has 1 aliphatic heterocycles. The molecule has 1 aromatic rings. The van der Waals surface area contributed by atoms with E-state index in [-0.39, 0.29) is 11.4 Å². The minimum atomic E-state index is -3.67. The van der Waals surface area contributed by atoms with Gasteiger partial charge in [-0.2, -0.15) is 0 Å². The molecule has 0 aliphatic carbocycles. The molecule has 0 aromatic heterocycles. The van der Waals surface area contributed by atoms with Crippen molar-refractivity contribution in [3.05, 3.63) is 23.3 Å². The molecule has 0 radical (unpaired) electrons. The highest BCUT2D eigenvalue weighted by Crippen LogP contribution is 2.35. The highest BCUT2D eigenvalue weighted by molar-refractivity contribution is 7.93. The van der Waals surface area contributed by atoms with E-state index in [1.807, 2.05) is 0 Å². The Morgan fingerprint density at radius 2 is 1.88 bits per heavy atom. The van der Waals surface area contributed by atoms with E-state index in [0.717, 1.165) is 5.56 Å². The average molecular weight is 254 g/mol. The zero-order chi connectivity index (χ0) is 12.8. The summed E-state index contributed by atoms with van der Waals surface area (Å²) < 4.78 is 24.6. The number of carbonyl (C=O) groups excluding carboxylic acids is 1. The van der Waals surface area contributed by atoms with Crippen molar-refractivity contribution >= 4 is 21.4 Å². The van der Waals surface area contributed by atoms with Gasteiger partial charge in [0.25, 0.3) is 0 Å². The summed E-state index contributed by atoms with van der Waals surface area (Å²) in [5, 5.41) is 1.44. The molecule has 17 heavy (non-hydrogen) atoms. The van der Waals surface area contributed by atoms with Crippen LogP contribution in [0.25, 0.3) is 0 Å². The van der Waals surface area contributed by atoms with Gasteiger partial charge in [-0.15, -0.1) is 0 Å². The van der Waals surface area contributed by atoms with Crippen LogP contribution in [0.2, 0.25) is 0 Å². The summed E-state index contributed by atoms with van der Waals surface area (Å²) in [5.41, 5.74) is 7.13. The predicted octanol–water partition coefficient (Wildman–Crippen LogP) is 0.357. The first-order chi connectivity index (χ1) is 7.89. The second-order valence-electron chi connectivity index (χ2n) is 4.16. The van der Waals surface area contributed by atoms with E-state index in [2.05, 4.69) is 5.32 Å². The maximum absolute atomic E-state index is 12.3. The number of amides is 1. The lowest BCUT2D eigenvalue weighted by Gasteiger charge is -2.26. The third-order valence-corrected chi connectivity index (χ3v) is 5.23. The fourth-order valence-corrected chi connectivity index (χ4v) is 3.92. The van der Waals surface area contributed by atoms with Crippen LogP contribution in [0.5, 0.6) is 0 Å². The number of fused-ring (bicyclic) bond motifs is 1. The topological polar surface area (TPSA) is 89.3 Å². The molecule has 6 heteroatoms. The smallest absolute Gasteiger partial charge is 0.244 e. The van der Waals surface area contributed by atoms with E-state index in [4.69, 9.17) is 5.73 Å². The van der Waals surface area contributed by atoms with Gasteiger partial charge in [0.2, 0.25) is 5.91 Å².